The van der Waals surface area contributed by atoms with Crippen molar-refractivity contribution < 1.29 is 14.3 Å². The van der Waals surface area contributed by atoms with Gasteiger partial charge in [0.25, 0.3) is 0 Å². The van der Waals surface area contributed by atoms with E-state index in [1.54, 1.807) is 14.2 Å². The quantitative estimate of drug-likeness (QED) is 0.768. The zero-order chi connectivity index (χ0) is 16.1. The molecule has 0 unspecified atom stereocenters. The monoisotopic (exact) mass is 299 g/mol. The molecule has 0 bridgehead atoms. The molecule has 0 atom stereocenters. The van der Waals surface area contributed by atoms with Crippen molar-refractivity contribution in [3.8, 4) is 11.5 Å². The predicted octanol–water partition coefficient (Wildman–Crippen LogP) is 3.20. The smallest absolute Gasteiger partial charge is 0.167 e. The number of Topliss-reactive ketones (excluding diaryl/α,β-unsaturated/α-hetero) is 1. The average molecular weight is 299 g/mol. The van der Waals surface area contributed by atoms with Crippen molar-refractivity contribution in [3.05, 3.63) is 53.6 Å². The molecule has 0 spiro atoms. The zero-order valence-electron chi connectivity index (χ0n) is 13.4. The molecule has 22 heavy (non-hydrogen) atoms. The summed E-state index contributed by atoms with van der Waals surface area (Å²) in [6.07, 6.45) is 0.335. The van der Waals surface area contributed by atoms with E-state index in [-0.39, 0.29) is 5.78 Å². The first-order chi connectivity index (χ1) is 10.5. The van der Waals surface area contributed by atoms with Crippen molar-refractivity contribution in [2.45, 2.75) is 6.42 Å². The fourth-order valence-corrected chi connectivity index (χ4v) is 2.22. The van der Waals surface area contributed by atoms with Gasteiger partial charge in [0.05, 0.1) is 14.2 Å². The van der Waals surface area contributed by atoms with Gasteiger partial charge in [-0.05, 0) is 42.0 Å². The number of carbonyl (C=O) groups is 1. The van der Waals surface area contributed by atoms with Crippen molar-refractivity contribution in [3.63, 3.8) is 0 Å². The molecule has 0 amide bonds. The molecule has 0 fully saturated rings. The lowest BCUT2D eigenvalue weighted by atomic mass is 10.0. The minimum Gasteiger partial charge on any atom is -0.493 e. The van der Waals surface area contributed by atoms with E-state index >= 15 is 0 Å². The highest BCUT2D eigenvalue weighted by Crippen LogP contribution is 2.28. The summed E-state index contributed by atoms with van der Waals surface area (Å²) in [4.78, 5) is 14.4. The lowest BCUT2D eigenvalue weighted by molar-refractivity contribution is 0.0993. The molecule has 0 saturated heterocycles. The van der Waals surface area contributed by atoms with Crippen LogP contribution in [0.4, 0.5) is 5.69 Å². The van der Waals surface area contributed by atoms with Crippen molar-refractivity contribution in [2.75, 3.05) is 33.2 Å². The van der Waals surface area contributed by atoms with Gasteiger partial charge >= 0.3 is 0 Å². The van der Waals surface area contributed by atoms with Crippen LogP contribution in [-0.2, 0) is 6.42 Å². The number of anilines is 1. The molecule has 0 saturated carbocycles. The van der Waals surface area contributed by atoms with Crippen LogP contribution in [-0.4, -0.2) is 34.1 Å². The van der Waals surface area contributed by atoms with E-state index in [9.17, 15) is 4.79 Å². The second-order valence-electron chi connectivity index (χ2n) is 5.23. The van der Waals surface area contributed by atoms with Crippen molar-refractivity contribution in [1.82, 2.24) is 0 Å². The number of carbonyl (C=O) groups excluding carboxylic acids is 1. The van der Waals surface area contributed by atoms with Gasteiger partial charge in [0.1, 0.15) is 0 Å². The Balaban J connectivity index is 2.14. The molecule has 2 aromatic carbocycles. The highest BCUT2D eigenvalue weighted by Gasteiger charge is 2.10. The van der Waals surface area contributed by atoms with Crippen LogP contribution in [0.1, 0.15) is 15.9 Å². The van der Waals surface area contributed by atoms with Crippen LogP contribution >= 0.6 is 0 Å². The van der Waals surface area contributed by atoms with E-state index in [0.29, 0.717) is 23.5 Å². The Morgan fingerprint density at radius 3 is 2.14 bits per heavy atom. The zero-order valence-corrected chi connectivity index (χ0v) is 13.4. The van der Waals surface area contributed by atoms with Crippen LogP contribution in [0.25, 0.3) is 0 Å². The van der Waals surface area contributed by atoms with Crippen LogP contribution in [0, 0.1) is 0 Å². The fraction of sp³-hybridized carbons (Fsp3) is 0.278. The molecular formula is C18H21NO3. The molecule has 4 heteroatoms. The third-order valence-electron chi connectivity index (χ3n) is 3.52. The summed E-state index contributed by atoms with van der Waals surface area (Å²) in [5.41, 5.74) is 2.68. The molecule has 0 heterocycles. The number of benzene rings is 2. The molecular weight excluding hydrogens is 278 g/mol. The molecule has 4 nitrogen and oxygen atoms in total. The first-order valence-corrected chi connectivity index (χ1v) is 7.06. The Bertz CT molecular complexity index is 648. The first-order valence-electron chi connectivity index (χ1n) is 7.06. The minimum absolute atomic E-state index is 0.0810. The van der Waals surface area contributed by atoms with E-state index in [2.05, 4.69) is 0 Å². The highest BCUT2D eigenvalue weighted by molar-refractivity contribution is 5.97. The number of hydrogen-bond acceptors (Lipinski definition) is 4. The highest BCUT2D eigenvalue weighted by atomic mass is 16.5. The Labute approximate surface area is 131 Å². The number of nitrogens with zero attached hydrogens (tertiary/aromatic N) is 1. The van der Waals surface area contributed by atoms with Crippen molar-refractivity contribution >= 4 is 11.5 Å². The van der Waals surface area contributed by atoms with Gasteiger partial charge in [0.2, 0.25) is 0 Å². The Morgan fingerprint density at radius 1 is 0.955 bits per heavy atom. The Hall–Kier alpha value is -2.49. The molecule has 0 aliphatic rings. The number of ketones is 1. The van der Waals surface area contributed by atoms with Gasteiger partial charge in [0, 0.05) is 31.8 Å². The largest absolute Gasteiger partial charge is 0.493 e. The van der Waals surface area contributed by atoms with E-state index in [4.69, 9.17) is 9.47 Å². The van der Waals surface area contributed by atoms with Crippen LogP contribution < -0.4 is 14.4 Å². The topological polar surface area (TPSA) is 38.8 Å². The standard InChI is InChI=1S/C18H21NO3/c1-19(2)15-8-6-14(7-9-15)16(20)11-13-5-10-17(21-3)18(12-13)22-4/h5-10,12H,11H2,1-4H3. The molecule has 2 rings (SSSR count). The maximum absolute atomic E-state index is 12.4. The molecule has 0 aromatic heterocycles. The number of hydrogen-bond donors (Lipinski definition) is 0. The summed E-state index contributed by atoms with van der Waals surface area (Å²) in [5, 5.41) is 0. The van der Waals surface area contributed by atoms with Crippen LogP contribution in [0.5, 0.6) is 11.5 Å². The third-order valence-corrected chi connectivity index (χ3v) is 3.52. The molecule has 0 aliphatic carbocycles. The van der Waals surface area contributed by atoms with E-state index in [0.717, 1.165) is 11.3 Å². The van der Waals surface area contributed by atoms with Gasteiger partial charge in [-0.25, -0.2) is 0 Å². The second kappa shape index (κ2) is 6.98. The predicted molar refractivity (Wildman–Crippen MR) is 88.3 cm³/mol. The summed E-state index contributed by atoms with van der Waals surface area (Å²) < 4.78 is 10.5. The van der Waals surface area contributed by atoms with Gasteiger partial charge in [0.15, 0.2) is 17.3 Å². The summed E-state index contributed by atoms with van der Waals surface area (Å²) in [6.45, 7) is 0. The summed E-state index contributed by atoms with van der Waals surface area (Å²) in [7, 11) is 7.12. The SMILES string of the molecule is COc1ccc(CC(=O)c2ccc(N(C)C)cc2)cc1OC. The number of methoxy groups -OCH3 is 2. The minimum atomic E-state index is 0.0810. The summed E-state index contributed by atoms with van der Waals surface area (Å²) in [5.74, 6) is 1.38. The van der Waals surface area contributed by atoms with E-state index in [1.807, 2.05) is 61.5 Å². The molecule has 116 valence electrons. The molecule has 0 radical (unpaired) electrons. The Kier molecular flexibility index (Phi) is 5.04. The number of ether oxygens (including phenoxy) is 2. The van der Waals surface area contributed by atoms with Crippen LogP contribution in [0.15, 0.2) is 42.5 Å². The molecule has 0 aliphatic heterocycles. The average Bonchev–Trinajstić information content (AvgIpc) is 2.54. The maximum atomic E-state index is 12.4. The van der Waals surface area contributed by atoms with Crippen LogP contribution in [0.2, 0.25) is 0 Å². The summed E-state index contributed by atoms with van der Waals surface area (Å²) >= 11 is 0. The van der Waals surface area contributed by atoms with Gasteiger partial charge in [-0.15, -0.1) is 0 Å². The number of rotatable bonds is 6. The van der Waals surface area contributed by atoms with Crippen LogP contribution in [0.3, 0.4) is 0 Å². The lowest BCUT2D eigenvalue weighted by Crippen LogP contribution is -2.09. The molecule has 2 aromatic rings. The molecule has 0 N–H and O–H groups in total. The van der Waals surface area contributed by atoms with Gasteiger partial charge in [-0.1, -0.05) is 6.07 Å². The van der Waals surface area contributed by atoms with Gasteiger partial charge in [-0.3, -0.25) is 4.79 Å². The first kappa shape index (κ1) is 15.9. The van der Waals surface area contributed by atoms with Gasteiger partial charge < -0.3 is 14.4 Å². The van der Waals surface area contributed by atoms with Gasteiger partial charge in [-0.2, -0.15) is 0 Å². The normalized spacial score (nSPS) is 10.2. The second-order valence-corrected chi connectivity index (χ2v) is 5.23. The van der Waals surface area contributed by atoms with E-state index < -0.39 is 0 Å². The van der Waals surface area contributed by atoms with Crippen molar-refractivity contribution in [1.29, 1.82) is 0 Å². The maximum Gasteiger partial charge on any atom is 0.167 e. The van der Waals surface area contributed by atoms with Crippen molar-refractivity contribution in [2.24, 2.45) is 0 Å². The Morgan fingerprint density at radius 2 is 1.59 bits per heavy atom. The third kappa shape index (κ3) is 3.58. The lowest BCUT2D eigenvalue weighted by Gasteiger charge is -2.12. The summed E-state index contributed by atoms with van der Waals surface area (Å²) in [6, 6.07) is 13.1. The van der Waals surface area contributed by atoms with E-state index in [1.165, 1.54) is 0 Å². The fourth-order valence-electron chi connectivity index (χ4n) is 2.22.